The third-order valence-corrected chi connectivity index (χ3v) is 2.56. The lowest BCUT2D eigenvalue weighted by Crippen LogP contribution is -1.96. The van der Waals surface area contributed by atoms with Gasteiger partial charge in [0.05, 0.1) is 4.92 Å². The fourth-order valence-corrected chi connectivity index (χ4v) is 1.58. The van der Waals surface area contributed by atoms with Crippen molar-refractivity contribution in [2.24, 2.45) is 0 Å². The molecule has 5 nitrogen and oxygen atoms in total. The number of nitro benzene ring substituents is 1. The second-order valence-corrected chi connectivity index (χ2v) is 3.99. The molecule has 0 bridgehead atoms. The Morgan fingerprint density at radius 3 is 2.42 bits per heavy atom. The van der Waals surface area contributed by atoms with E-state index in [2.05, 4.69) is 0 Å². The Bertz CT molecular complexity index is 644. The molecule has 0 aliphatic rings. The van der Waals surface area contributed by atoms with Crippen LogP contribution in [0.3, 0.4) is 0 Å². The van der Waals surface area contributed by atoms with E-state index in [9.17, 15) is 14.5 Å². The molecular formula is C13H11FN2O3. The van der Waals surface area contributed by atoms with Gasteiger partial charge in [-0.3, -0.25) is 10.1 Å². The summed E-state index contributed by atoms with van der Waals surface area (Å²) >= 11 is 0. The smallest absolute Gasteiger partial charge is 0.292 e. The summed E-state index contributed by atoms with van der Waals surface area (Å²) in [5.74, 6) is 0.469. The minimum absolute atomic E-state index is 0.0151. The number of hydrogen-bond acceptors (Lipinski definition) is 4. The third kappa shape index (κ3) is 2.79. The van der Waals surface area contributed by atoms with E-state index in [-0.39, 0.29) is 17.2 Å². The lowest BCUT2D eigenvalue weighted by Gasteiger charge is -2.07. The molecule has 6 heteroatoms. The van der Waals surface area contributed by atoms with Gasteiger partial charge in [-0.25, -0.2) is 4.39 Å². The van der Waals surface area contributed by atoms with E-state index in [1.807, 2.05) is 0 Å². The largest absolute Gasteiger partial charge is 0.457 e. The predicted molar refractivity (Wildman–Crippen MR) is 68.7 cm³/mol. The number of hydrogen-bond donors (Lipinski definition) is 1. The van der Waals surface area contributed by atoms with Gasteiger partial charge in [0.25, 0.3) is 5.69 Å². The molecule has 2 N–H and O–H groups in total. The Morgan fingerprint density at radius 2 is 1.84 bits per heavy atom. The molecule has 0 aliphatic heterocycles. The highest BCUT2D eigenvalue weighted by Gasteiger charge is 2.12. The first-order chi connectivity index (χ1) is 8.97. The van der Waals surface area contributed by atoms with Crippen molar-refractivity contribution in [3.8, 4) is 11.5 Å². The zero-order chi connectivity index (χ0) is 14.0. The molecule has 0 atom stereocenters. The fourth-order valence-electron chi connectivity index (χ4n) is 1.58. The Balaban J connectivity index is 2.26. The molecule has 0 aliphatic carbocycles. The van der Waals surface area contributed by atoms with Gasteiger partial charge < -0.3 is 10.5 Å². The third-order valence-electron chi connectivity index (χ3n) is 2.56. The maximum atomic E-state index is 13.1. The van der Waals surface area contributed by atoms with E-state index in [1.54, 1.807) is 6.92 Å². The molecule has 2 aromatic rings. The van der Waals surface area contributed by atoms with Gasteiger partial charge >= 0.3 is 0 Å². The van der Waals surface area contributed by atoms with Gasteiger partial charge in [0.1, 0.15) is 23.0 Å². The Labute approximate surface area is 108 Å². The van der Waals surface area contributed by atoms with E-state index in [4.69, 9.17) is 10.5 Å². The number of anilines is 1. The number of nitrogen functional groups attached to an aromatic ring is 1. The highest BCUT2D eigenvalue weighted by molar-refractivity contribution is 5.61. The van der Waals surface area contributed by atoms with Crippen molar-refractivity contribution in [3.63, 3.8) is 0 Å². The molecule has 0 heterocycles. The van der Waals surface area contributed by atoms with E-state index >= 15 is 0 Å². The Kier molecular flexibility index (Phi) is 3.33. The molecule has 0 spiro atoms. The van der Waals surface area contributed by atoms with Gasteiger partial charge in [0.15, 0.2) is 0 Å². The van der Waals surface area contributed by atoms with Gasteiger partial charge in [-0.15, -0.1) is 0 Å². The first kappa shape index (κ1) is 12.8. The molecule has 0 unspecified atom stereocenters. The highest BCUT2D eigenvalue weighted by atomic mass is 19.1. The molecule has 0 saturated heterocycles. The van der Waals surface area contributed by atoms with Crippen LogP contribution in [0.2, 0.25) is 0 Å². The topological polar surface area (TPSA) is 78.4 Å². The average Bonchev–Trinajstić information content (AvgIpc) is 2.33. The van der Waals surface area contributed by atoms with Gasteiger partial charge in [0.2, 0.25) is 0 Å². The van der Waals surface area contributed by atoms with Crippen molar-refractivity contribution >= 4 is 11.4 Å². The molecule has 0 aromatic heterocycles. The molecule has 0 amide bonds. The van der Waals surface area contributed by atoms with Crippen molar-refractivity contribution in [1.82, 2.24) is 0 Å². The Morgan fingerprint density at radius 1 is 1.21 bits per heavy atom. The van der Waals surface area contributed by atoms with Crippen molar-refractivity contribution < 1.29 is 14.1 Å². The molecule has 0 saturated carbocycles. The minimum atomic E-state index is -0.568. The summed E-state index contributed by atoms with van der Waals surface area (Å²) in [6, 6.07) is 8.36. The molecule has 0 fully saturated rings. The van der Waals surface area contributed by atoms with Gasteiger partial charge in [-0.1, -0.05) is 0 Å². The van der Waals surface area contributed by atoms with Gasteiger partial charge in [-0.05, 0) is 36.8 Å². The van der Waals surface area contributed by atoms with E-state index in [0.29, 0.717) is 17.1 Å². The van der Waals surface area contributed by atoms with Crippen molar-refractivity contribution in [3.05, 3.63) is 57.9 Å². The van der Waals surface area contributed by atoms with Crippen LogP contribution in [0.25, 0.3) is 0 Å². The van der Waals surface area contributed by atoms with Crippen molar-refractivity contribution in [2.45, 2.75) is 6.92 Å². The van der Waals surface area contributed by atoms with Crippen LogP contribution in [-0.2, 0) is 0 Å². The number of nitrogens with two attached hydrogens (primary N) is 1. The maximum Gasteiger partial charge on any atom is 0.292 e. The number of halogens is 1. The van der Waals surface area contributed by atoms with Gasteiger partial charge in [-0.2, -0.15) is 0 Å². The zero-order valence-electron chi connectivity index (χ0n) is 10.1. The number of aryl methyl sites for hydroxylation is 1. The summed E-state index contributed by atoms with van der Waals surface area (Å²) in [5, 5.41) is 10.6. The average molecular weight is 262 g/mol. The molecule has 0 radical (unpaired) electrons. The summed E-state index contributed by atoms with van der Waals surface area (Å²) in [5.41, 5.74) is 5.84. The number of benzene rings is 2. The SMILES string of the molecule is Cc1cc(Oc2ccc([N+](=O)[O-])c(N)c2)ccc1F. The standard InChI is InChI=1S/C13H11FN2O3/c1-8-6-9(2-4-11(8)14)19-10-3-5-13(16(17)18)12(15)7-10/h2-7H,15H2,1H3. The zero-order valence-corrected chi connectivity index (χ0v) is 10.1. The summed E-state index contributed by atoms with van der Waals surface area (Å²) in [6.45, 7) is 1.62. The number of ether oxygens (including phenoxy) is 1. The van der Waals surface area contributed by atoms with Crippen LogP contribution in [-0.4, -0.2) is 4.92 Å². The van der Waals surface area contributed by atoms with E-state index in [1.165, 1.54) is 36.4 Å². The summed E-state index contributed by atoms with van der Waals surface area (Å²) in [6.07, 6.45) is 0. The monoisotopic (exact) mass is 262 g/mol. The van der Waals surface area contributed by atoms with Crippen LogP contribution in [0.5, 0.6) is 11.5 Å². The number of rotatable bonds is 3. The van der Waals surface area contributed by atoms with Gasteiger partial charge in [0, 0.05) is 12.1 Å². The van der Waals surface area contributed by atoms with Crippen LogP contribution < -0.4 is 10.5 Å². The van der Waals surface area contributed by atoms with Crippen LogP contribution in [0.15, 0.2) is 36.4 Å². The first-order valence-electron chi connectivity index (χ1n) is 5.45. The highest BCUT2D eigenvalue weighted by Crippen LogP contribution is 2.29. The minimum Gasteiger partial charge on any atom is -0.457 e. The second kappa shape index (κ2) is 4.93. The van der Waals surface area contributed by atoms with Crippen LogP contribution in [0.1, 0.15) is 5.56 Å². The maximum absolute atomic E-state index is 13.1. The molecule has 2 rings (SSSR count). The number of nitrogens with zero attached hydrogens (tertiary/aromatic N) is 1. The first-order valence-corrected chi connectivity index (χ1v) is 5.45. The fraction of sp³-hybridized carbons (Fsp3) is 0.0769. The quantitative estimate of drug-likeness (QED) is 0.522. The molecular weight excluding hydrogens is 251 g/mol. The number of nitro groups is 1. The summed E-state index contributed by atoms with van der Waals surface area (Å²) in [4.78, 5) is 10.0. The van der Waals surface area contributed by atoms with Crippen molar-refractivity contribution in [2.75, 3.05) is 5.73 Å². The normalized spacial score (nSPS) is 10.2. The predicted octanol–water partition coefficient (Wildman–Crippen LogP) is 3.42. The van der Waals surface area contributed by atoms with E-state index in [0.717, 1.165) is 0 Å². The molecule has 19 heavy (non-hydrogen) atoms. The lowest BCUT2D eigenvalue weighted by molar-refractivity contribution is -0.383. The van der Waals surface area contributed by atoms with E-state index < -0.39 is 4.92 Å². The van der Waals surface area contributed by atoms with Crippen LogP contribution in [0.4, 0.5) is 15.8 Å². The van der Waals surface area contributed by atoms with Crippen molar-refractivity contribution in [1.29, 1.82) is 0 Å². The van der Waals surface area contributed by atoms with Crippen LogP contribution >= 0.6 is 0 Å². The summed E-state index contributed by atoms with van der Waals surface area (Å²) < 4.78 is 18.6. The van der Waals surface area contributed by atoms with Crippen LogP contribution in [0, 0.1) is 22.9 Å². The Hall–Kier alpha value is -2.63. The lowest BCUT2D eigenvalue weighted by atomic mass is 10.2. The second-order valence-electron chi connectivity index (χ2n) is 3.99. The molecule has 2 aromatic carbocycles. The molecule has 98 valence electrons. The summed E-state index contributed by atoms with van der Waals surface area (Å²) in [7, 11) is 0.